The lowest BCUT2D eigenvalue weighted by Crippen LogP contribution is -3.14. The van der Waals surface area contributed by atoms with E-state index < -0.39 is 9.84 Å². The van der Waals surface area contributed by atoms with Crippen LogP contribution in [0.3, 0.4) is 0 Å². The van der Waals surface area contributed by atoms with Crippen LogP contribution in [-0.4, -0.2) is 41.1 Å². The van der Waals surface area contributed by atoms with Crippen LogP contribution in [0.4, 0.5) is 5.69 Å². The molecule has 0 unspecified atom stereocenters. The third-order valence-corrected chi connectivity index (χ3v) is 7.90. The van der Waals surface area contributed by atoms with E-state index in [1.165, 1.54) is 0 Å². The summed E-state index contributed by atoms with van der Waals surface area (Å²) >= 11 is 0. The number of likely N-dealkylation sites (N-methyl/N-ethyl adjacent to an activating group) is 1. The molecule has 0 saturated carbocycles. The molecule has 152 valence electrons. The molecule has 3 aromatic rings. The lowest BCUT2D eigenvalue weighted by atomic mass is 10.1. The number of quaternary nitrogens is 1. The number of hydrogen-bond acceptors (Lipinski definition) is 3. The van der Waals surface area contributed by atoms with Crippen molar-refractivity contribution in [2.75, 3.05) is 37.6 Å². The molecule has 4 rings (SSSR count). The van der Waals surface area contributed by atoms with E-state index in [0.717, 1.165) is 60.4 Å². The Hall–Kier alpha value is -2.44. The molecule has 0 atom stereocenters. The zero-order valence-corrected chi connectivity index (χ0v) is 18.1. The molecule has 1 aliphatic heterocycles. The maximum atomic E-state index is 13.7. The zero-order chi connectivity index (χ0) is 20.6. The van der Waals surface area contributed by atoms with Gasteiger partial charge < -0.3 is 9.80 Å². The fourth-order valence-corrected chi connectivity index (χ4v) is 5.64. The highest BCUT2D eigenvalue weighted by Crippen LogP contribution is 2.35. The average molecular weight is 412 g/mol. The van der Waals surface area contributed by atoms with Crippen LogP contribution in [0.15, 0.2) is 58.5 Å². The maximum Gasteiger partial charge on any atom is 0.214 e. The summed E-state index contributed by atoms with van der Waals surface area (Å²) in [5.74, 6) is 0. The number of para-hydroxylation sites is 1. The normalized spacial score (nSPS) is 15.8. The highest BCUT2D eigenvalue weighted by molar-refractivity contribution is 7.91. The summed E-state index contributed by atoms with van der Waals surface area (Å²) in [6, 6.07) is 13.3. The van der Waals surface area contributed by atoms with E-state index in [2.05, 4.69) is 16.8 Å². The summed E-state index contributed by atoms with van der Waals surface area (Å²) in [5.41, 5.74) is 3.85. The van der Waals surface area contributed by atoms with Gasteiger partial charge in [-0.15, -0.1) is 0 Å². The minimum Gasteiger partial charge on any atom is -0.358 e. The smallest absolute Gasteiger partial charge is 0.214 e. The van der Waals surface area contributed by atoms with Crippen molar-refractivity contribution in [1.82, 2.24) is 0 Å². The van der Waals surface area contributed by atoms with Gasteiger partial charge in [0.05, 0.1) is 48.7 Å². The van der Waals surface area contributed by atoms with Gasteiger partial charge in [-0.3, -0.25) is 0 Å². The van der Waals surface area contributed by atoms with Gasteiger partial charge in [0.1, 0.15) is 0 Å². The molecule has 0 aliphatic carbocycles. The first-order valence-corrected chi connectivity index (χ1v) is 11.7. The number of piperazine rings is 1. The Morgan fingerprint density at radius 3 is 2.45 bits per heavy atom. The number of aromatic nitrogens is 1. The summed E-state index contributed by atoms with van der Waals surface area (Å²) < 4.78 is 27.3. The number of aryl methyl sites for hydroxylation is 2. The van der Waals surface area contributed by atoms with Crippen LogP contribution in [0.1, 0.15) is 18.1 Å². The largest absolute Gasteiger partial charge is 0.358 e. The summed E-state index contributed by atoms with van der Waals surface area (Å²) in [6.45, 7) is 11.0. The van der Waals surface area contributed by atoms with Gasteiger partial charge in [0.2, 0.25) is 15.4 Å². The first-order chi connectivity index (χ1) is 13.9. The number of hydrogen-bond donors (Lipinski definition) is 1. The second kappa shape index (κ2) is 7.76. The molecular weight excluding hydrogens is 382 g/mol. The van der Waals surface area contributed by atoms with Crippen LogP contribution in [0, 0.1) is 13.8 Å². The summed E-state index contributed by atoms with van der Waals surface area (Å²) in [5, 5.41) is 0.956. The Morgan fingerprint density at radius 2 is 1.76 bits per heavy atom. The van der Waals surface area contributed by atoms with Crippen LogP contribution in [0.25, 0.3) is 10.9 Å². The number of anilines is 1. The quantitative estimate of drug-likeness (QED) is 0.713. The Kier molecular flexibility index (Phi) is 5.32. The molecular formula is C23H29N3O2S+2. The van der Waals surface area contributed by atoms with Crippen molar-refractivity contribution in [1.29, 1.82) is 0 Å². The number of benzene rings is 2. The number of pyridine rings is 1. The first-order valence-electron chi connectivity index (χ1n) is 10.3. The van der Waals surface area contributed by atoms with Gasteiger partial charge in [-0.25, -0.2) is 13.4 Å². The zero-order valence-electron chi connectivity index (χ0n) is 17.3. The van der Waals surface area contributed by atoms with Crippen LogP contribution in [0.2, 0.25) is 0 Å². The second-order valence-electron chi connectivity index (χ2n) is 7.89. The second-order valence-corrected chi connectivity index (χ2v) is 9.81. The Bertz CT molecular complexity index is 1150. The predicted octanol–water partition coefficient (Wildman–Crippen LogP) is 1.83. The van der Waals surface area contributed by atoms with Crippen molar-refractivity contribution in [3.63, 3.8) is 0 Å². The standard InChI is InChI=1S/C23H27N3O2S/c1-4-25-11-13-26(14-12-25)23-20-7-5-6-8-21(20)24-16-22(23)29(27,28)19-10-9-17(2)18(3)15-19/h5-10,15-16H,4,11-14H2,1-3H3/p+2. The number of fused-ring (bicyclic) bond motifs is 1. The minimum atomic E-state index is -3.65. The average Bonchev–Trinajstić information content (AvgIpc) is 2.74. The van der Waals surface area contributed by atoms with Crippen LogP contribution >= 0.6 is 0 Å². The Labute approximate surface area is 172 Å². The van der Waals surface area contributed by atoms with E-state index in [1.54, 1.807) is 23.2 Å². The number of H-pyrrole nitrogens is 1. The van der Waals surface area contributed by atoms with E-state index in [-0.39, 0.29) is 0 Å². The fraction of sp³-hybridized carbons (Fsp3) is 0.348. The van der Waals surface area contributed by atoms with Crippen molar-refractivity contribution in [2.24, 2.45) is 0 Å². The molecule has 6 heteroatoms. The Balaban J connectivity index is 1.89. The van der Waals surface area contributed by atoms with Crippen LogP contribution in [0.5, 0.6) is 0 Å². The van der Waals surface area contributed by atoms with Gasteiger partial charge in [-0.05, 0) is 50.1 Å². The van der Waals surface area contributed by atoms with Gasteiger partial charge in [-0.1, -0.05) is 18.2 Å². The van der Waals surface area contributed by atoms with Crippen molar-refractivity contribution in [3.8, 4) is 0 Å². The molecule has 0 bridgehead atoms. The monoisotopic (exact) mass is 411 g/mol. The number of aromatic amines is 1. The van der Waals surface area contributed by atoms with Gasteiger partial charge in [0, 0.05) is 6.07 Å². The van der Waals surface area contributed by atoms with Crippen molar-refractivity contribution >= 4 is 26.4 Å². The molecule has 0 spiro atoms. The predicted molar refractivity (Wildman–Crippen MR) is 115 cm³/mol. The van der Waals surface area contributed by atoms with Gasteiger partial charge in [-0.2, -0.15) is 0 Å². The molecule has 1 aromatic heterocycles. The van der Waals surface area contributed by atoms with Gasteiger partial charge in [0.15, 0.2) is 11.1 Å². The van der Waals surface area contributed by atoms with Crippen molar-refractivity contribution in [3.05, 3.63) is 59.8 Å². The lowest BCUT2D eigenvalue weighted by Gasteiger charge is -2.34. The maximum absolute atomic E-state index is 13.7. The molecule has 1 fully saturated rings. The highest BCUT2D eigenvalue weighted by Gasteiger charge is 2.31. The van der Waals surface area contributed by atoms with E-state index in [4.69, 9.17) is 0 Å². The number of sulfone groups is 1. The number of rotatable bonds is 4. The summed E-state index contributed by atoms with van der Waals surface area (Å²) in [4.78, 5) is 7.74. The fourth-order valence-electron chi connectivity index (χ4n) is 4.10. The molecule has 0 amide bonds. The lowest BCUT2D eigenvalue weighted by molar-refractivity contribution is -0.898. The van der Waals surface area contributed by atoms with Crippen LogP contribution in [-0.2, 0) is 9.84 Å². The molecule has 2 N–H and O–H groups in total. The first kappa shape index (κ1) is 19.9. The topological polar surface area (TPSA) is 56.0 Å². The summed E-state index contributed by atoms with van der Waals surface area (Å²) in [7, 11) is -3.65. The number of nitrogens with zero attached hydrogens (tertiary/aromatic N) is 1. The van der Waals surface area contributed by atoms with E-state index in [0.29, 0.717) is 9.79 Å². The molecule has 1 aliphatic rings. The van der Waals surface area contributed by atoms with Crippen molar-refractivity contribution < 1.29 is 18.3 Å². The highest BCUT2D eigenvalue weighted by atomic mass is 32.2. The Morgan fingerprint density at radius 1 is 1.03 bits per heavy atom. The minimum absolute atomic E-state index is 0.350. The van der Waals surface area contributed by atoms with E-state index in [9.17, 15) is 8.42 Å². The third-order valence-electron chi connectivity index (χ3n) is 6.14. The molecule has 5 nitrogen and oxygen atoms in total. The number of nitrogens with one attached hydrogen (secondary N) is 2. The summed E-state index contributed by atoms with van der Waals surface area (Å²) in [6.07, 6.45) is 1.67. The molecule has 1 saturated heterocycles. The van der Waals surface area contributed by atoms with Gasteiger partial charge >= 0.3 is 0 Å². The third kappa shape index (κ3) is 3.63. The van der Waals surface area contributed by atoms with E-state index >= 15 is 0 Å². The molecule has 29 heavy (non-hydrogen) atoms. The SMILES string of the molecule is CC[NH+]1CCN(c2c(S(=O)(=O)c3ccc(C)c(C)c3)c[nH+]c3ccccc23)CC1. The molecule has 2 heterocycles. The van der Waals surface area contributed by atoms with E-state index in [1.807, 2.05) is 44.2 Å². The van der Waals surface area contributed by atoms with Crippen molar-refractivity contribution in [2.45, 2.75) is 30.6 Å². The molecule has 0 radical (unpaired) electrons. The van der Waals surface area contributed by atoms with Gasteiger partial charge in [0.25, 0.3) is 0 Å². The van der Waals surface area contributed by atoms with Crippen LogP contribution < -0.4 is 14.8 Å². The molecule has 2 aromatic carbocycles.